The Morgan fingerprint density at radius 3 is 2.10 bits per heavy atom. The molecule has 0 aromatic heterocycles. The lowest BCUT2D eigenvalue weighted by Crippen LogP contribution is -2.64. The largest absolute Gasteiger partial charge is 0.487 e. The monoisotopic (exact) mass is 657 g/mol. The van der Waals surface area contributed by atoms with E-state index in [0.717, 1.165) is 66.9 Å². The Kier molecular flexibility index (Phi) is 8.15. The van der Waals surface area contributed by atoms with Gasteiger partial charge in [0.05, 0.1) is 10.1 Å². The lowest BCUT2D eigenvalue weighted by molar-refractivity contribution is 0.00853. The molecule has 4 aliphatic heterocycles. The minimum Gasteiger partial charge on any atom is -0.487 e. The third kappa shape index (κ3) is 5.79. The van der Waals surface area contributed by atoms with Gasteiger partial charge < -0.3 is 24.3 Å². The molecule has 10 heteroatoms. The molecule has 0 saturated carbocycles. The Hall–Kier alpha value is -2.86. The highest BCUT2D eigenvalue weighted by Crippen LogP contribution is 2.28. The number of hydrogen-bond donors (Lipinski definition) is 0. The summed E-state index contributed by atoms with van der Waals surface area (Å²) in [7, 11) is 0. The van der Waals surface area contributed by atoms with Crippen molar-refractivity contribution in [2.45, 2.75) is 31.4 Å². The van der Waals surface area contributed by atoms with Crippen molar-refractivity contribution < 1.29 is 19.1 Å². The number of piperazine rings is 1. The summed E-state index contributed by atoms with van der Waals surface area (Å²) in [5, 5.41) is 0. The van der Waals surface area contributed by atoms with Gasteiger partial charge in [-0.1, -0.05) is 18.2 Å². The molecule has 2 aromatic rings. The summed E-state index contributed by atoms with van der Waals surface area (Å²) in [5.74, 6) is 0.900. The van der Waals surface area contributed by atoms with Crippen LogP contribution in [0.15, 0.2) is 48.5 Å². The van der Waals surface area contributed by atoms with Gasteiger partial charge in [-0.3, -0.25) is 14.5 Å². The van der Waals surface area contributed by atoms with E-state index >= 15 is 0 Å². The first kappa shape index (κ1) is 27.3. The molecule has 4 saturated heterocycles. The second kappa shape index (κ2) is 11.9. The van der Waals surface area contributed by atoms with Crippen molar-refractivity contribution in [1.82, 2.24) is 24.5 Å². The van der Waals surface area contributed by atoms with Crippen LogP contribution >= 0.6 is 22.6 Å². The minimum atomic E-state index is -0.0267. The van der Waals surface area contributed by atoms with Gasteiger partial charge in [0, 0.05) is 82.5 Å². The molecule has 0 spiro atoms. The quantitative estimate of drug-likeness (QED) is 0.462. The van der Waals surface area contributed by atoms with Crippen LogP contribution < -0.4 is 4.74 Å². The van der Waals surface area contributed by atoms with Gasteiger partial charge in [-0.05, 0) is 65.8 Å². The van der Waals surface area contributed by atoms with Crippen molar-refractivity contribution in [2.24, 2.45) is 0 Å². The van der Waals surface area contributed by atoms with Crippen LogP contribution in [0, 0.1) is 3.57 Å². The molecule has 4 fully saturated rings. The zero-order valence-electron chi connectivity index (χ0n) is 22.7. The van der Waals surface area contributed by atoms with Crippen molar-refractivity contribution >= 4 is 40.4 Å². The summed E-state index contributed by atoms with van der Waals surface area (Å²) in [4.78, 5) is 48.6. The van der Waals surface area contributed by atoms with Crippen LogP contribution in [0.1, 0.15) is 40.0 Å². The summed E-state index contributed by atoms with van der Waals surface area (Å²) in [6.07, 6.45) is 2.98. The Morgan fingerprint density at radius 2 is 1.40 bits per heavy atom. The number of nitrogens with zero attached hydrogens (tertiary/aromatic N) is 5. The number of urea groups is 1. The van der Waals surface area contributed by atoms with Gasteiger partial charge in [-0.25, -0.2) is 4.79 Å². The van der Waals surface area contributed by atoms with Crippen LogP contribution in [0.25, 0.3) is 0 Å². The fourth-order valence-corrected chi connectivity index (χ4v) is 6.75. The number of likely N-dealkylation sites (tertiary alicyclic amines) is 3. The molecule has 212 valence electrons. The van der Waals surface area contributed by atoms with Gasteiger partial charge in [0.1, 0.15) is 11.9 Å². The van der Waals surface area contributed by atoms with E-state index in [9.17, 15) is 14.4 Å². The van der Waals surface area contributed by atoms with Crippen molar-refractivity contribution in [1.29, 1.82) is 0 Å². The molecule has 0 radical (unpaired) electrons. The van der Waals surface area contributed by atoms with E-state index in [1.165, 1.54) is 0 Å². The van der Waals surface area contributed by atoms with Crippen LogP contribution in [0.5, 0.6) is 5.75 Å². The molecule has 4 aliphatic rings. The highest BCUT2D eigenvalue weighted by molar-refractivity contribution is 14.1. The Balaban J connectivity index is 0.959. The van der Waals surface area contributed by atoms with Crippen molar-refractivity contribution in [3.63, 3.8) is 0 Å². The van der Waals surface area contributed by atoms with E-state index in [4.69, 9.17) is 4.74 Å². The zero-order valence-corrected chi connectivity index (χ0v) is 24.9. The fourth-order valence-electron chi connectivity index (χ4n) is 6.10. The summed E-state index contributed by atoms with van der Waals surface area (Å²) in [5.41, 5.74) is 1.41. The number of amides is 4. The Labute approximate surface area is 249 Å². The molecule has 1 unspecified atom stereocenters. The molecule has 6 rings (SSSR count). The van der Waals surface area contributed by atoms with Crippen molar-refractivity contribution in [3.8, 4) is 5.75 Å². The molecule has 1 atom stereocenters. The average molecular weight is 658 g/mol. The number of benzene rings is 2. The van der Waals surface area contributed by atoms with E-state index in [1.54, 1.807) is 0 Å². The van der Waals surface area contributed by atoms with Gasteiger partial charge in [0.2, 0.25) is 0 Å². The highest BCUT2D eigenvalue weighted by atomic mass is 127. The van der Waals surface area contributed by atoms with E-state index in [1.807, 2.05) is 68.1 Å². The van der Waals surface area contributed by atoms with Crippen LogP contribution in [-0.4, -0.2) is 120 Å². The number of halogens is 1. The SMILES string of the molecule is O=C(c1ccccc1)N1CCN(C2CN(C(=O)c3ccc(OC4CCN(C(=O)N5CCCC5)C4)c(I)c3)C2)CC1. The summed E-state index contributed by atoms with van der Waals surface area (Å²) < 4.78 is 7.16. The average Bonchev–Trinajstić information content (AvgIpc) is 3.66. The third-order valence-electron chi connectivity index (χ3n) is 8.55. The molecule has 0 N–H and O–H groups in total. The van der Waals surface area contributed by atoms with E-state index < -0.39 is 0 Å². The number of carbonyl (C=O) groups is 3. The van der Waals surface area contributed by atoms with Crippen molar-refractivity contribution in [2.75, 3.05) is 65.4 Å². The molecule has 40 heavy (non-hydrogen) atoms. The van der Waals surface area contributed by atoms with Crippen molar-refractivity contribution in [3.05, 3.63) is 63.2 Å². The molecule has 0 bridgehead atoms. The predicted molar refractivity (Wildman–Crippen MR) is 160 cm³/mol. The maximum Gasteiger partial charge on any atom is 0.320 e. The smallest absolute Gasteiger partial charge is 0.320 e. The van der Waals surface area contributed by atoms with E-state index in [0.29, 0.717) is 44.3 Å². The Morgan fingerprint density at radius 1 is 0.700 bits per heavy atom. The van der Waals surface area contributed by atoms with Crippen LogP contribution in [0.2, 0.25) is 0 Å². The second-order valence-electron chi connectivity index (χ2n) is 11.2. The summed E-state index contributed by atoms with van der Waals surface area (Å²) >= 11 is 2.23. The molecular weight excluding hydrogens is 621 g/mol. The normalized spacial score (nSPS) is 22.0. The van der Waals surface area contributed by atoms with Crippen LogP contribution in [-0.2, 0) is 0 Å². The predicted octanol–water partition coefficient (Wildman–Crippen LogP) is 3.24. The highest BCUT2D eigenvalue weighted by Gasteiger charge is 2.37. The van der Waals surface area contributed by atoms with Crippen LogP contribution in [0.4, 0.5) is 4.79 Å². The molecule has 4 heterocycles. The maximum atomic E-state index is 13.2. The summed E-state index contributed by atoms with van der Waals surface area (Å²) in [6.45, 7) is 7.56. The zero-order chi connectivity index (χ0) is 27.6. The molecule has 0 aliphatic carbocycles. The summed E-state index contributed by atoms with van der Waals surface area (Å²) in [6, 6.07) is 15.6. The minimum absolute atomic E-state index is 0.0267. The van der Waals surface area contributed by atoms with Gasteiger partial charge in [0.25, 0.3) is 11.8 Å². The first-order chi connectivity index (χ1) is 19.5. The number of ether oxygens (including phenoxy) is 1. The Bertz CT molecular complexity index is 1240. The molecule has 9 nitrogen and oxygen atoms in total. The fraction of sp³-hybridized carbons (Fsp3) is 0.500. The number of rotatable bonds is 5. The number of carbonyl (C=O) groups excluding carboxylic acids is 3. The molecule has 4 amide bonds. The van der Waals surface area contributed by atoms with E-state index in [2.05, 4.69) is 27.5 Å². The molecular formula is C30H36IN5O4. The van der Waals surface area contributed by atoms with Gasteiger partial charge in [-0.15, -0.1) is 0 Å². The third-order valence-corrected chi connectivity index (χ3v) is 9.40. The topological polar surface area (TPSA) is 76.6 Å². The second-order valence-corrected chi connectivity index (χ2v) is 12.3. The maximum absolute atomic E-state index is 13.2. The van der Waals surface area contributed by atoms with Gasteiger partial charge in [0.15, 0.2) is 0 Å². The standard InChI is InChI=1S/C30H36IN5O4/c31-26-18-23(8-9-27(26)40-25-10-13-35(21-25)30(39)34-11-4-5-12-34)29(38)36-19-24(20-36)32-14-16-33(17-15-32)28(37)22-6-2-1-3-7-22/h1-3,6-9,18,24-25H,4-5,10-17,19-21H2. The van der Waals surface area contributed by atoms with E-state index in [-0.39, 0.29) is 23.9 Å². The first-order valence-corrected chi connectivity index (χ1v) is 15.4. The van der Waals surface area contributed by atoms with Gasteiger partial charge >= 0.3 is 6.03 Å². The van der Waals surface area contributed by atoms with Crippen LogP contribution in [0.3, 0.4) is 0 Å². The lowest BCUT2D eigenvalue weighted by atomic mass is 10.0. The number of hydrogen-bond acceptors (Lipinski definition) is 5. The molecule has 2 aromatic carbocycles. The van der Waals surface area contributed by atoms with Gasteiger partial charge in [-0.2, -0.15) is 0 Å². The first-order valence-electron chi connectivity index (χ1n) is 14.3. The lowest BCUT2D eigenvalue weighted by Gasteiger charge is -2.48.